The predicted molar refractivity (Wildman–Crippen MR) is 110 cm³/mol. The van der Waals surface area contributed by atoms with E-state index in [1.165, 1.54) is 0 Å². The third-order valence-electron chi connectivity index (χ3n) is 5.38. The molecule has 0 N–H and O–H groups in total. The monoisotopic (exact) mass is 359 g/mol. The van der Waals surface area contributed by atoms with E-state index in [1.807, 2.05) is 32.0 Å². The maximum atomic E-state index is 8.85. The van der Waals surface area contributed by atoms with E-state index >= 15 is 0 Å². The highest BCUT2D eigenvalue weighted by molar-refractivity contribution is 6.11. The molecule has 0 saturated heterocycles. The van der Waals surface area contributed by atoms with Crippen molar-refractivity contribution >= 4 is 27.6 Å². The van der Waals surface area contributed by atoms with Crippen LogP contribution in [0.5, 0.6) is 0 Å². The molecular weight excluding hydrogens is 332 g/mol. The van der Waals surface area contributed by atoms with Gasteiger partial charge in [-0.1, -0.05) is 18.2 Å². The van der Waals surface area contributed by atoms with Gasteiger partial charge < -0.3 is 4.42 Å². The predicted octanol–water partition coefficient (Wildman–Crippen LogP) is 6.17. The lowest BCUT2D eigenvalue weighted by atomic mass is 9.97. The fourth-order valence-electron chi connectivity index (χ4n) is 3.78. The Labute approximate surface area is 165 Å². The molecule has 0 aliphatic heterocycles. The zero-order valence-corrected chi connectivity index (χ0v) is 16.1. The van der Waals surface area contributed by atoms with Gasteiger partial charge in [0.05, 0.1) is 13.5 Å². The summed E-state index contributed by atoms with van der Waals surface area (Å²) < 4.78 is 40.7. The van der Waals surface area contributed by atoms with E-state index in [2.05, 4.69) is 4.85 Å². The Kier molecular flexibility index (Phi) is 2.89. The van der Waals surface area contributed by atoms with Crippen molar-refractivity contribution in [3.8, 4) is 11.3 Å². The molecule has 2 heterocycles. The van der Waals surface area contributed by atoms with Gasteiger partial charge in [-0.3, -0.25) is 0 Å². The Morgan fingerprint density at radius 1 is 1.11 bits per heavy atom. The lowest BCUT2D eigenvalue weighted by Crippen LogP contribution is -2.36. The molecule has 27 heavy (non-hydrogen) atoms. The van der Waals surface area contributed by atoms with E-state index in [4.69, 9.17) is 16.5 Å². The topological polar surface area (TPSA) is 21.4 Å². The molecule has 4 rings (SSSR count). The van der Waals surface area contributed by atoms with Crippen LogP contribution >= 0.6 is 0 Å². The van der Waals surface area contributed by atoms with Gasteiger partial charge in [0, 0.05) is 33.4 Å². The van der Waals surface area contributed by atoms with Gasteiger partial charge in [-0.15, -0.1) is 0 Å². The molecule has 0 spiro atoms. The molecule has 3 heteroatoms. The van der Waals surface area contributed by atoms with Crippen LogP contribution in [0.2, 0.25) is 0 Å². The van der Waals surface area contributed by atoms with Gasteiger partial charge >= 0.3 is 0 Å². The van der Waals surface area contributed by atoms with Crippen LogP contribution in [0, 0.1) is 41.1 Å². The number of fused-ring (bicyclic) bond motifs is 3. The van der Waals surface area contributed by atoms with Crippen molar-refractivity contribution in [2.45, 2.75) is 34.5 Å². The van der Waals surface area contributed by atoms with Crippen LogP contribution in [0.25, 0.3) is 38.0 Å². The number of furan rings is 1. The van der Waals surface area contributed by atoms with E-state index in [9.17, 15) is 0 Å². The van der Waals surface area contributed by atoms with Crippen LogP contribution in [-0.4, -0.2) is 0 Å². The molecule has 0 bridgehead atoms. The van der Waals surface area contributed by atoms with Gasteiger partial charge in [0.25, 0.3) is 0 Å². The lowest BCUT2D eigenvalue weighted by Gasteiger charge is -2.10. The van der Waals surface area contributed by atoms with Gasteiger partial charge in [0.2, 0.25) is 5.69 Å². The molecule has 0 aliphatic carbocycles. The van der Waals surface area contributed by atoms with Crippen molar-refractivity contribution in [1.82, 2.24) is 0 Å². The Morgan fingerprint density at radius 2 is 1.89 bits per heavy atom. The molecule has 2 aromatic heterocycles. The SMILES string of the molecule is [2H]c1c(C)c(C([2H])([2H])[2H])c(C)[n+](C)c1-c1c(C)ccc2c1oc1cc([N+]#[C-])cc(C)c12. The first kappa shape index (κ1) is 13.1. The average molecular weight is 359 g/mol. The van der Waals surface area contributed by atoms with Crippen molar-refractivity contribution in [2.75, 3.05) is 0 Å². The number of hydrogen-bond acceptors (Lipinski definition) is 1. The number of rotatable bonds is 1. The fourth-order valence-corrected chi connectivity index (χ4v) is 3.78. The van der Waals surface area contributed by atoms with E-state index in [-0.39, 0.29) is 11.6 Å². The van der Waals surface area contributed by atoms with Crippen molar-refractivity contribution in [2.24, 2.45) is 7.05 Å². The van der Waals surface area contributed by atoms with Crippen LogP contribution in [0.15, 0.2) is 34.7 Å². The van der Waals surface area contributed by atoms with E-state index in [1.54, 1.807) is 31.5 Å². The molecular formula is C24H23N2O+. The smallest absolute Gasteiger partial charge is 0.216 e. The summed E-state index contributed by atoms with van der Waals surface area (Å²) in [5, 5.41) is 1.87. The fraction of sp³-hybridized carbons (Fsp3) is 0.250. The average Bonchev–Trinajstić information content (AvgIpc) is 3.06. The third kappa shape index (κ3) is 2.44. The summed E-state index contributed by atoms with van der Waals surface area (Å²) in [6.07, 6.45) is 0. The van der Waals surface area contributed by atoms with E-state index in [0.717, 1.165) is 27.5 Å². The number of hydrogen-bond donors (Lipinski definition) is 0. The third-order valence-corrected chi connectivity index (χ3v) is 5.38. The van der Waals surface area contributed by atoms with Crippen molar-refractivity contribution < 1.29 is 14.5 Å². The molecule has 0 aliphatic rings. The maximum Gasteiger partial charge on any atom is 0.216 e. The normalized spacial score (nSPS) is 13.9. The Bertz CT molecular complexity index is 1410. The van der Waals surface area contributed by atoms with Crippen LogP contribution in [0.3, 0.4) is 0 Å². The zero-order chi connectivity index (χ0) is 22.8. The number of pyridine rings is 1. The number of aryl methyl sites for hydroxylation is 2. The molecule has 0 saturated carbocycles. The summed E-state index contributed by atoms with van der Waals surface area (Å²) in [7, 11) is 1.79. The highest BCUT2D eigenvalue weighted by atomic mass is 16.3. The Balaban J connectivity index is 2.17. The van der Waals surface area contributed by atoms with Crippen molar-refractivity contribution in [3.63, 3.8) is 0 Å². The highest BCUT2D eigenvalue weighted by Crippen LogP contribution is 2.40. The Hall–Kier alpha value is -3.12. The largest absolute Gasteiger partial charge is 0.456 e. The quantitative estimate of drug-likeness (QED) is 0.294. The molecule has 0 amide bonds. The minimum atomic E-state index is -2.30. The first-order valence-corrected chi connectivity index (χ1v) is 8.82. The summed E-state index contributed by atoms with van der Waals surface area (Å²) in [5.41, 5.74) is 6.34. The van der Waals surface area contributed by atoms with Crippen LogP contribution in [-0.2, 0) is 7.05 Å². The van der Waals surface area contributed by atoms with Gasteiger partial charge in [0.1, 0.15) is 18.2 Å². The summed E-state index contributed by atoms with van der Waals surface area (Å²) >= 11 is 0. The van der Waals surface area contributed by atoms with E-state index in [0.29, 0.717) is 33.8 Å². The molecule has 134 valence electrons. The first-order valence-electron chi connectivity index (χ1n) is 10.8. The zero-order valence-electron chi connectivity index (χ0n) is 20.1. The second-order valence-electron chi connectivity index (χ2n) is 7.10. The summed E-state index contributed by atoms with van der Waals surface area (Å²) in [5.74, 6) is 0. The van der Waals surface area contributed by atoms with Crippen LogP contribution < -0.4 is 4.57 Å². The molecule has 0 atom stereocenters. The molecule has 2 aromatic carbocycles. The summed E-state index contributed by atoms with van der Waals surface area (Å²) in [4.78, 5) is 3.54. The van der Waals surface area contributed by atoms with Gasteiger partial charge in [-0.2, -0.15) is 4.57 Å². The second-order valence-corrected chi connectivity index (χ2v) is 7.10. The molecule has 0 unspecified atom stereocenters. The van der Waals surface area contributed by atoms with Crippen molar-refractivity contribution in [1.29, 1.82) is 0 Å². The molecule has 4 aromatic rings. The van der Waals surface area contributed by atoms with E-state index < -0.39 is 6.85 Å². The number of benzene rings is 2. The minimum absolute atomic E-state index is 0.175. The maximum absolute atomic E-state index is 8.85. The molecule has 0 radical (unpaired) electrons. The Morgan fingerprint density at radius 3 is 2.59 bits per heavy atom. The summed E-state index contributed by atoms with van der Waals surface area (Å²) in [6, 6.07) is 7.76. The van der Waals surface area contributed by atoms with Gasteiger partial charge in [-0.25, -0.2) is 4.85 Å². The van der Waals surface area contributed by atoms with Crippen LogP contribution in [0.4, 0.5) is 5.69 Å². The van der Waals surface area contributed by atoms with Crippen LogP contribution in [0.1, 0.15) is 33.4 Å². The first-order chi connectivity index (χ1) is 14.5. The standard InChI is InChI=1S/C24H23N2O/c1-13-8-9-19-22-15(3)10-18(25-6)12-21(22)27-24(19)23(13)20-11-14(2)16(4)17(5)26(20)7/h8-12H,1-5,7H3/q+1/i4D3,11D. The molecule has 0 fully saturated rings. The summed E-state index contributed by atoms with van der Waals surface area (Å²) in [6.45, 7) is 12.4. The second kappa shape index (κ2) is 5.96. The van der Waals surface area contributed by atoms with Gasteiger partial charge in [0.15, 0.2) is 11.4 Å². The van der Waals surface area contributed by atoms with Gasteiger partial charge in [-0.05, 0) is 50.4 Å². The lowest BCUT2D eigenvalue weighted by molar-refractivity contribution is -0.667. The molecule has 3 nitrogen and oxygen atoms in total. The highest BCUT2D eigenvalue weighted by Gasteiger charge is 2.24. The van der Waals surface area contributed by atoms with Crippen molar-refractivity contribution in [3.05, 3.63) is 69.7 Å². The number of aromatic nitrogens is 1. The number of nitrogens with zero attached hydrogens (tertiary/aromatic N) is 2. The minimum Gasteiger partial charge on any atom is -0.456 e.